The number of carbonyl (C=O) groups is 3. The maximum atomic E-state index is 13.1. The first kappa shape index (κ1) is 24.8. The Labute approximate surface area is 207 Å². The van der Waals surface area contributed by atoms with Gasteiger partial charge in [-0.3, -0.25) is 9.59 Å². The highest BCUT2D eigenvalue weighted by atomic mass is 16.6. The smallest absolute Gasteiger partial charge is 0.407 e. The van der Waals surface area contributed by atoms with Gasteiger partial charge in [0.05, 0.1) is 0 Å². The summed E-state index contributed by atoms with van der Waals surface area (Å²) in [6.45, 7) is 8.41. The second kappa shape index (κ2) is 10.5. The van der Waals surface area contributed by atoms with Crippen molar-refractivity contribution < 1.29 is 19.1 Å². The number of hydrogen-bond acceptors (Lipinski definition) is 4. The van der Waals surface area contributed by atoms with E-state index >= 15 is 0 Å². The van der Waals surface area contributed by atoms with E-state index in [4.69, 9.17) is 4.74 Å². The number of nitrogens with zero attached hydrogens (tertiary/aromatic N) is 2. The maximum Gasteiger partial charge on any atom is 0.407 e. The van der Waals surface area contributed by atoms with Gasteiger partial charge in [-0.05, 0) is 68.9 Å². The molecule has 0 spiro atoms. The molecule has 0 bridgehead atoms. The van der Waals surface area contributed by atoms with Crippen LogP contribution < -0.4 is 5.32 Å². The van der Waals surface area contributed by atoms with E-state index in [9.17, 15) is 14.4 Å². The van der Waals surface area contributed by atoms with Gasteiger partial charge >= 0.3 is 6.09 Å². The van der Waals surface area contributed by atoms with Crippen LogP contribution in [0.4, 0.5) is 4.79 Å². The number of likely N-dealkylation sites (tertiary alicyclic amines) is 1. The Morgan fingerprint density at radius 1 is 0.914 bits per heavy atom. The molecule has 1 saturated heterocycles. The van der Waals surface area contributed by atoms with Gasteiger partial charge < -0.3 is 19.9 Å². The summed E-state index contributed by atoms with van der Waals surface area (Å²) >= 11 is 0. The Hall–Kier alpha value is -3.35. The summed E-state index contributed by atoms with van der Waals surface area (Å²) < 4.78 is 5.24. The van der Waals surface area contributed by atoms with Gasteiger partial charge in [0, 0.05) is 44.2 Å². The summed E-state index contributed by atoms with van der Waals surface area (Å²) in [4.78, 5) is 41.7. The van der Waals surface area contributed by atoms with E-state index in [1.807, 2.05) is 48.8 Å². The summed E-state index contributed by atoms with van der Waals surface area (Å²) in [7, 11) is 0. The molecule has 0 radical (unpaired) electrons. The van der Waals surface area contributed by atoms with Crippen molar-refractivity contribution in [3.63, 3.8) is 0 Å². The van der Waals surface area contributed by atoms with Crippen LogP contribution in [0.5, 0.6) is 0 Å². The fourth-order valence-electron chi connectivity index (χ4n) is 4.71. The molecule has 4 rings (SSSR count). The number of benzene rings is 2. The topological polar surface area (TPSA) is 79.0 Å². The quantitative estimate of drug-likeness (QED) is 0.718. The number of alkyl carbamates (subject to hydrolysis) is 1. The molecular formula is C28H35N3O4. The van der Waals surface area contributed by atoms with Gasteiger partial charge in [-0.2, -0.15) is 0 Å². The third kappa shape index (κ3) is 6.41. The van der Waals surface area contributed by atoms with Crippen molar-refractivity contribution in [3.05, 3.63) is 70.8 Å². The number of hydrogen-bond donors (Lipinski definition) is 1. The Bertz CT molecular complexity index is 1070. The fraction of sp³-hybridized carbons (Fsp3) is 0.464. The average molecular weight is 478 g/mol. The molecule has 0 atom stereocenters. The van der Waals surface area contributed by atoms with Crippen LogP contribution in [0.15, 0.2) is 48.5 Å². The molecule has 2 heterocycles. The lowest BCUT2D eigenvalue weighted by Gasteiger charge is -2.36. The molecule has 0 unspecified atom stereocenters. The van der Waals surface area contributed by atoms with Gasteiger partial charge in [-0.25, -0.2) is 4.79 Å². The third-order valence-electron chi connectivity index (χ3n) is 6.61. The van der Waals surface area contributed by atoms with Crippen LogP contribution in [-0.4, -0.2) is 52.9 Å². The molecule has 2 aliphatic heterocycles. The lowest BCUT2D eigenvalue weighted by molar-refractivity contribution is -0.137. The normalized spacial score (nSPS) is 16.4. The molecule has 3 amide bonds. The highest BCUT2D eigenvalue weighted by molar-refractivity contribution is 5.94. The van der Waals surface area contributed by atoms with Crippen LogP contribution in [-0.2, 0) is 29.0 Å². The summed E-state index contributed by atoms with van der Waals surface area (Å²) in [5.41, 5.74) is 3.54. The molecule has 35 heavy (non-hydrogen) atoms. The largest absolute Gasteiger partial charge is 0.444 e. The van der Waals surface area contributed by atoms with Crippen LogP contribution in [0.2, 0.25) is 0 Å². The minimum absolute atomic E-state index is 0.0190. The van der Waals surface area contributed by atoms with E-state index in [1.165, 1.54) is 11.1 Å². The van der Waals surface area contributed by atoms with E-state index in [0.29, 0.717) is 44.6 Å². The van der Waals surface area contributed by atoms with Crippen LogP contribution in [0, 0.1) is 5.92 Å². The van der Waals surface area contributed by atoms with Gasteiger partial charge in [0.2, 0.25) is 5.91 Å². The first-order chi connectivity index (χ1) is 16.7. The zero-order valence-electron chi connectivity index (χ0n) is 20.9. The predicted octanol–water partition coefficient (Wildman–Crippen LogP) is 4.15. The molecule has 7 heteroatoms. The van der Waals surface area contributed by atoms with E-state index in [0.717, 1.165) is 18.5 Å². The van der Waals surface area contributed by atoms with E-state index < -0.39 is 11.7 Å². The van der Waals surface area contributed by atoms with E-state index in [2.05, 4.69) is 23.5 Å². The van der Waals surface area contributed by atoms with Gasteiger partial charge in [-0.1, -0.05) is 36.4 Å². The first-order valence-electron chi connectivity index (χ1n) is 12.4. The number of carbonyl (C=O) groups excluding carboxylic acids is 3. The van der Waals surface area contributed by atoms with Crippen molar-refractivity contribution in [3.8, 4) is 0 Å². The number of amides is 3. The molecule has 7 nitrogen and oxygen atoms in total. The zero-order valence-corrected chi connectivity index (χ0v) is 20.9. The maximum absolute atomic E-state index is 13.1. The molecule has 2 aromatic rings. The average Bonchev–Trinajstić information content (AvgIpc) is 2.86. The minimum Gasteiger partial charge on any atom is -0.444 e. The Morgan fingerprint density at radius 3 is 2.23 bits per heavy atom. The van der Waals surface area contributed by atoms with Crippen molar-refractivity contribution in [2.45, 2.75) is 58.7 Å². The van der Waals surface area contributed by atoms with Crippen molar-refractivity contribution in [2.24, 2.45) is 5.92 Å². The SMILES string of the molecule is CC(C)(C)OC(=O)NCc1ccc(C(=O)N2CCC(C(=O)N3CCc4ccccc4C3)CC2)cc1. The van der Waals surface area contributed by atoms with Gasteiger partial charge in [0.25, 0.3) is 5.91 Å². The number of rotatable bonds is 4. The molecule has 0 aliphatic carbocycles. The highest BCUT2D eigenvalue weighted by Crippen LogP contribution is 2.25. The zero-order chi connectivity index (χ0) is 25.0. The van der Waals surface area contributed by atoms with E-state index in [-0.39, 0.29) is 17.7 Å². The second-order valence-electron chi connectivity index (χ2n) is 10.4. The molecule has 2 aliphatic rings. The summed E-state index contributed by atoms with van der Waals surface area (Å²) in [5.74, 6) is 0.175. The molecule has 1 N–H and O–H groups in total. The standard InChI is InChI=1S/C28H35N3O4/c1-28(2,3)35-27(34)29-18-20-8-10-22(11-9-20)25(32)30-15-13-23(14-16-30)26(33)31-17-12-21-6-4-5-7-24(21)19-31/h4-11,23H,12-19H2,1-3H3,(H,29,34). The molecule has 0 saturated carbocycles. The Morgan fingerprint density at radius 2 is 1.57 bits per heavy atom. The molecule has 0 aromatic heterocycles. The summed E-state index contributed by atoms with van der Waals surface area (Å²) in [6, 6.07) is 15.6. The fourth-order valence-corrected chi connectivity index (χ4v) is 4.71. The summed E-state index contributed by atoms with van der Waals surface area (Å²) in [6.07, 6.45) is 1.83. The third-order valence-corrected chi connectivity index (χ3v) is 6.61. The number of piperidine rings is 1. The first-order valence-corrected chi connectivity index (χ1v) is 12.4. The van der Waals surface area contributed by atoms with Crippen LogP contribution in [0.3, 0.4) is 0 Å². The molecule has 2 aromatic carbocycles. The van der Waals surface area contributed by atoms with Crippen LogP contribution in [0.1, 0.15) is 60.7 Å². The molecule has 1 fully saturated rings. The monoisotopic (exact) mass is 477 g/mol. The lowest BCUT2D eigenvalue weighted by Crippen LogP contribution is -2.45. The minimum atomic E-state index is -0.544. The lowest BCUT2D eigenvalue weighted by atomic mass is 9.92. The molecule has 186 valence electrons. The second-order valence-corrected chi connectivity index (χ2v) is 10.4. The molecular weight excluding hydrogens is 442 g/mol. The van der Waals surface area contributed by atoms with Crippen molar-refractivity contribution in [2.75, 3.05) is 19.6 Å². The Kier molecular flexibility index (Phi) is 7.43. The number of fused-ring (bicyclic) bond motifs is 1. The van der Waals surface area contributed by atoms with Gasteiger partial charge in [0.15, 0.2) is 0 Å². The highest BCUT2D eigenvalue weighted by Gasteiger charge is 2.31. The van der Waals surface area contributed by atoms with Crippen molar-refractivity contribution in [1.82, 2.24) is 15.1 Å². The number of ether oxygens (including phenoxy) is 1. The Balaban J connectivity index is 1.25. The van der Waals surface area contributed by atoms with Crippen molar-refractivity contribution >= 4 is 17.9 Å². The summed E-state index contributed by atoms with van der Waals surface area (Å²) in [5, 5.41) is 2.72. The van der Waals surface area contributed by atoms with Crippen LogP contribution >= 0.6 is 0 Å². The number of nitrogens with one attached hydrogen (secondary N) is 1. The van der Waals surface area contributed by atoms with Gasteiger partial charge in [-0.15, -0.1) is 0 Å². The van der Waals surface area contributed by atoms with E-state index in [1.54, 1.807) is 12.1 Å². The van der Waals surface area contributed by atoms with Crippen molar-refractivity contribution in [1.29, 1.82) is 0 Å². The van der Waals surface area contributed by atoms with Gasteiger partial charge in [0.1, 0.15) is 5.60 Å². The predicted molar refractivity (Wildman–Crippen MR) is 134 cm³/mol. The van der Waals surface area contributed by atoms with Crippen LogP contribution in [0.25, 0.3) is 0 Å².